The highest BCUT2D eigenvalue weighted by Crippen LogP contribution is 2.23. The molecule has 4 N–H and O–H groups in total. The van der Waals surface area contributed by atoms with Gasteiger partial charge in [-0.2, -0.15) is 10.2 Å². The highest BCUT2D eigenvalue weighted by Gasteiger charge is 2.16. The molecular weight excluding hydrogens is 520 g/mol. The molecule has 0 aliphatic carbocycles. The number of nitrogens with one attached hydrogen (secondary N) is 4. The molecule has 2 aromatic rings. The van der Waals surface area contributed by atoms with Crippen LogP contribution in [0, 0.1) is 10.1 Å². The van der Waals surface area contributed by atoms with Gasteiger partial charge in [0, 0.05) is 57.8 Å². The van der Waals surface area contributed by atoms with Crippen LogP contribution in [-0.4, -0.2) is 66.8 Å². The monoisotopic (exact) mass is 554 g/mol. The van der Waals surface area contributed by atoms with Gasteiger partial charge in [-0.1, -0.05) is 0 Å². The third kappa shape index (κ3) is 10.8. The quantitative estimate of drug-likeness (QED) is 0.156. The molecule has 0 saturated heterocycles. The van der Waals surface area contributed by atoms with Crippen LogP contribution in [0.15, 0.2) is 58.8 Å². The minimum absolute atomic E-state index is 0.0371. The molecule has 2 rings (SSSR count). The molecule has 0 saturated carbocycles. The van der Waals surface area contributed by atoms with Crippen LogP contribution in [-0.2, 0) is 19.2 Å². The van der Waals surface area contributed by atoms with Gasteiger partial charge in [-0.15, -0.1) is 0 Å². The van der Waals surface area contributed by atoms with Crippen molar-refractivity contribution in [2.75, 3.05) is 31.1 Å². The van der Waals surface area contributed by atoms with Crippen molar-refractivity contribution >= 4 is 46.4 Å². The van der Waals surface area contributed by atoms with Crippen molar-refractivity contribution in [1.29, 1.82) is 0 Å². The first kappa shape index (κ1) is 31.3. The van der Waals surface area contributed by atoms with E-state index in [9.17, 15) is 29.3 Å². The first-order valence-corrected chi connectivity index (χ1v) is 12.6. The topological polar surface area (TPSA) is 188 Å². The Kier molecular flexibility index (Phi) is 12.2. The number of nitro benzene ring substituents is 1. The van der Waals surface area contributed by atoms with Crippen LogP contribution in [0.4, 0.5) is 22.7 Å². The maximum atomic E-state index is 12.3. The minimum atomic E-state index is -0.680. The lowest BCUT2D eigenvalue weighted by atomic mass is 10.2. The summed E-state index contributed by atoms with van der Waals surface area (Å²) in [5.41, 5.74) is 1.77. The number of hydrogen-bond acceptors (Lipinski definition) is 9. The van der Waals surface area contributed by atoms with Gasteiger partial charge < -0.3 is 26.2 Å². The average molecular weight is 555 g/mol. The van der Waals surface area contributed by atoms with Gasteiger partial charge in [0.2, 0.25) is 23.6 Å². The maximum absolute atomic E-state index is 12.3. The first-order valence-electron chi connectivity index (χ1n) is 12.6. The molecule has 0 radical (unpaired) electrons. The van der Waals surface area contributed by atoms with Gasteiger partial charge in [-0.25, -0.2) is 0 Å². The molecule has 40 heavy (non-hydrogen) atoms. The van der Waals surface area contributed by atoms with Gasteiger partial charge in [0.25, 0.3) is 5.69 Å². The average Bonchev–Trinajstić information content (AvgIpc) is 2.90. The van der Waals surface area contributed by atoms with Crippen molar-refractivity contribution in [2.45, 2.75) is 39.8 Å². The number of nitrogens with zero attached hydrogens (tertiary/aromatic N) is 4. The van der Waals surface area contributed by atoms with Gasteiger partial charge in [0.1, 0.15) is 12.1 Å². The van der Waals surface area contributed by atoms with Crippen LogP contribution in [0.2, 0.25) is 0 Å². The number of non-ortho nitro benzene ring substituents is 1. The standard InChI is InChI=1S/C26H34N8O6/c1-17(29-19(3)35)25(37)27-13-15-33(16-14-28-26(38)18(2)30-20(4)36)23-9-5-21(6-10-23)31-32-22-7-11-24(12-8-22)34(39)40/h5-12,17-18H,13-16H2,1-4H3,(H,27,37)(H,28,38)(H,29,35)(H,30,36). The van der Waals surface area contributed by atoms with E-state index < -0.39 is 17.0 Å². The zero-order valence-corrected chi connectivity index (χ0v) is 22.8. The summed E-state index contributed by atoms with van der Waals surface area (Å²) in [5.74, 6) is -1.26. The summed E-state index contributed by atoms with van der Waals surface area (Å²) in [6.45, 7) is 7.21. The zero-order chi connectivity index (χ0) is 29.7. The van der Waals surface area contributed by atoms with Crippen LogP contribution in [0.5, 0.6) is 0 Å². The van der Waals surface area contributed by atoms with E-state index in [2.05, 4.69) is 31.5 Å². The summed E-state index contributed by atoms with van der Waals surface area (Å²) >= 11 is 0. The molecule has 2 atom stereocenters. The number of anilines is 1. The Morgan fingerprint density at radius 1 is 0.775 bits per heavy atom. The second-order valence-corrected chi connectivity index (χ2v) is 8.90. The number of azo groups is 1. The molecule has 214 valence electrons. The van der Waals surface area contributed by atoms with Crippen molar-refractivity contribution in [2.24, 2.45) is 10.2 Å². The fourth-order valence-corrected chi connectivity index (χ4v) is 3.53. The Balaban J connectivity index is 2.05. The normalized spacial score (nSPS) is 12.2. The summed E-state index contributed by atoms with van der Waals surface area (Å²) < 4.78 is 0. The van der Waals surface area contributed by atoms with Gasteiger partial charge in [-0.05, 0) is 50.2 Å². The Morgan fingerprint density at radius 3 is 1.55 bits per heavy atom. The SMILES string of the molecule is CC(=O)NC(C)C(=O)NCCN(CCNC(=O)C(C)NC(C)=O)c1ccc(N=Nc2ccc([N+](=O)[O-])cc2)cc1. The second-order valence-electron chi connectivity index (χ2n) is 8.90. The van der Waals surface area contributed by atoms with E-state index in [0.717, 1.165) is 5.69 Å². The lowest BCUT2D eigenvalue weighted by molar-refractivity contribution is -0.384. The Hall–Kier alpha value is -4.88. The Morgan fingerprint density at radius 2 is 1.18 bits per heavy atom. The Bertz CT molecular complexity index is 1180. The van der Waals surface area contributed by atoms with Crippen molar-refractivity contribution in [1.82, 2.24) is 21.3 Å². The number of amides is 4. The van der Waals surface area contributed by atoms with Crippen molar-refractivity contribution in [3.8, 4) is 0 Å². The molecule has 0 aliphatic heterocycles. The van der Waals surface area contributed by atoms with E-state index in [1.54, 1.807) is 26.0 Å². The highest BCUT2D eigenvalue weighted by molar-refractivity contribution is 5.87. The van der Waals surface area contributed by atoms with E-state index in [1.165, 1.54) is 38.1 Å². The third-order valence-electron chi connectivity index (χ3n) is 5.54. The fourth-order valence-electron chi connectivity index (χ4n) is 3.53. The molecule has 4 amide bonds. The Labute approximate surface area is 231 Å². The van der Waals surface area contributed by atoms with Crippen LogP contribution in [0.3, 0.4) is 0 Å². The van der Waals surface area contributed by atoms with Crippen molar-refractivity contribution in [3.63, 3.8) is 0 Å². The summed E-state index contributed by atoms with van der Waals surface area (Å²) in [7, 11) is 0. The van der Waals surface area contributed by atoms with E-state index in [-0.39, 0.29) is 42.4 Å². The van der Waals surface area contributed by atoms with Crippen molar-refractivity contribution < 1.29 is 24.1 Å². The van der Waals surface area contributed by atoms with Crippen LogP contribution in [0.25, 0.3) is 0 Å². The largest absolute Gasteiger partial charge is 0.368 e. The summed E-state index contributed by atoms with van der Waals surface area (Å²) in [5, 5.41) is 29.7. The summed E-state index contributed by atoms with van der Waals surface area (Å²) in [6.07, 6.45) is 0. The number of nitro groups is 1. The zero-order valence-electron chi connectivity index (χ0n) is 22.8. The molecule has 0 aromatic heterocycles. The van der Waals surface area contributed by atoms with E-state index >= 15 is 0 Å². The number of carbonyl (C=O) groups is 4. The number of carbonyl (C=O) groups excluding carboxylic acids is 4. The first-order chi connectivity index (χ1) is 19.0. The number of benzene rings is 2. The minimum Gasteiger partial charge on any atom is -0.368 e. The fraction of sp³-hybridized carbons (Fsp3) is 0.385. The number of hydrogen-bond donors (Lipinski definition) is 4. The molecular formula is C26H34N8O6. The van der Waals surface area contributed by atoms with Gasteiger partial charge in [0.15, 0.2) is 0 Å². The van der Waals surface area contributed by atoms with Gasteiger partial charge in [-0.3, -0.25) is 29.3 Å². The lowest BCUT2D eigenvalue weighted by Crippen LogP contribution is -2.48. The van der Waals surface area contributed by atoms with Crippen LogP contribution in [0.1, 0.15) is 27.7 Å². The third-order valence-corrected chi connectivity index (χ3v) is 5.54. The molecule has 0 heterocycles. The number of rotatable bonds is 14. The molecule has 0 bridgehead atoms. The molecule has 14 nitrogen and oxygen atoms in total. The van der Waals surface area contributed by atoms with E-state index in [4.69, 9.17) is 0 Å². The predicted octanol–water partition coefficient (Wildman–Crippen LogP) is 2.10. The highest BCUT2D eigenvalue weighted by atomic mass is 16.6. The predicted molar refractivity (Wildman–Crippen MR) is 149 cm³/mol. The van der Waals surface area contributed by atoms with E-state index in [0.29, 0.717) is 24.5 Å². The molecule has 14 heteroatoms. The van der Waals surface area contributed by atoms with Crippen molar-refractivity contribution in [3.05, 3.63) is 58.6 Å². The lowest BCUT2D eigenvalue weighted by Gasteiger charge is -2.26. The summed E-state index contributed by atoms with van der Waals surface area (Å²) in [6, 6.07) is 11.4. The molecule has 0 aliphatic rings. The van der Waals surface area contributed by atoms with Crippen LogP contribution < -0.4 is 26.2 Å². The molecule has 0 spiro atoms. The van der Waals surface area contributed by atoms with Gasteiger partial charge >= 0.3 is 0 Å². The molecule has 0 fully saturated rings. The van der Waals surface area contributed by atoms with Gasteiger partial charge in [0.05, 0.1) is 16.3 Å². The smallest absolute Gasteiger partial charge is 0.269 e. The second kappa shape index (κ2) is 15.5. The van der Waals surface area contributed by atoms with Crippen LogP contribution >= 0.6 is 0 Å². The maximum Gasteiger partial charge on any atom is 0.269 e. The molecule has 2 aromatic carbocycles. The van der Waals surface area contributed by atoms with E-state index in [1.807, 2.05) is 17.0 Å². The summed E-state index contributed by atoms with van der Waals surface area (Å²) in [4.78, 5) is 59.2. The molecule has 2 unspecified atom stereocenters.